The van der Waals surface area contributed by atoms with Crippen LogP contribution in [0.1, 0.15) is 0 Å². The van der Waals surface area contributed by atoms with E-state index in [1.54, 1.807) is 21.6 Å². The van der Waals surface area contributed by atoms with Crippen molar-refractivity contribution >= 4 is 27.3 Å². The first-order valence-electron chi connectivity index (χ1n) is 1.87. The fourth-order valence-corrected chi connectivity index (χ4v) is 2.52. The zero-order chi connectivity index (χ0) is 5.11. The highest BCUT2D eigenvalue weighted by Gasteiger charge is 2.08. The molecule has 0 bridgehead atoms. The van der Waals surface area contributed by atoms with Gasteiger partial charge in [-0.2, -0.15) is 0 Å². The molecular weight excluding hydrogens is 130 g/mol. The molecule has 0 radical (unpaired) electrons. The van der Waals surface area contributed by atoms with Crippen molar-refractivity contribution < 1.29 is 5.21 Å². The topological polar surface area (TPSA) is 32.6 Å². The third-order valence-corrected chi connectivity index (χ3v) is 2.95. The van der Waals surface area contributed by atoms with Gasteiger partial charge in [-0.25, -0.2) is 0 Å². The molecule has 1 rings (SSSR count). The Bertz CT molecular complexity index is 84.9. The Kier molecular flexibility index (Phi) is 1.87. The van der Waals surface area contributed by atoms with E-state index in [-0.39, 0.29) is 0 Å². The molecule has 0 atom stereocenters. The second-order valence-corrected chi connectivity index (χ2v) is 3.65. The van der Waals surface area contributed by atoms with Gasteiger partial charge in [0.05, 0.1) is 5.71 Å². The number of oxime groups is 1. The Balaban J connectivity index is 2.41. The Labute approximate surface area is 49.8 Å². The summed E-state index contributed by atoms with van der Waals surface area (Å²) in [7, 11) is 3.47. The van der Waals surface area contributed by atoms with Crippen molar-refractivity contribution in [2.24, 2.45) is 5.16 Å². The lowest BCUT2D eigenvalue weighted by Gasteiger charge is -1.79. The highest BCUT2D eigenvalue weighted by atomic mass is 33.1. The van der Waals surface area contributed by atoms with E-state index in [4.69, 9.17) is 5.21 Å². The van der Waals surface area contributed by atoms with Gasteiger partial charge in [-0.05, 0) is 0 Å². The normalized spacial score (nSPS) is 20.3. The minimum Gasteiger partial charge on any atom is -0.411 e. The van der Waals surface area contributed by atoms with E-state index in [2.05, 4.69) is 5.16 Å². The van der Waals surface area contributed by atoms with Crippen LogP contribution in [-0.4, -0.2) is 22.4 Å². The highest BCUT2D eigenvalue weighted by molar-refractivity contribution is 8.77. The van der Waals surface area contributed by atoms with Gasteiger partial charge < -0.3 is 5.21 Å². The molecular formula is C3H5NOS2. The second kappa shape index (κ2) is 2.47. The van der Waals surface area contributed by atoms with Crippen LogP contribution in [0.3, 0.4) is 0 Å². The molecule has 2 nitrogen and oxygen atoms in total. The molecule has 4 heteroatoms. The maximum Gasteiger partial charge on any atom is 0.0785 e. The van der Waals surface area contributed by atoms with Crippen molar-refractivity contribution in [3.8, 4) is 0 Å². The smallest absolute Gasteiger partial charge is 0.0785 e. The summed E-state index contributed by atoms with van der Waals surface area (Å²) in [6.07, 6.45) is 0. The lowest BCUT2D eigenvalue weighted by atomic mass is 10.5. The predicted molar refractivity (Wildman–Crippen MR) is 34.1 cm³/mol. The molecule has 0 unspecified atom stereocenters. The van der Waals surface area contributed by atoms with E-state index >= 15 is 0 Å². The van der Waals surface area contributed by atoms with Crippen molar-refractivity contribution in [1.29, 1.82) is 0 Å². The molecule has 0 saturated carbocycles. The van der Waals surface area contributed by atoms with E-state index in [0.29, 0.717) is 0 Å². The predicted octanol–water partition coefficient (Wildman–Crippen LogP) is 1.21. The lowest BCUT2D eigenvalue weighted by Crippen LogP contribution is -1.96. The molecule has 1 N–H and O–H groups in total. The maximum absolute atomic E-state index is 8.13. The molecule has 0 aliphatic carbocycles. The summed E-state index contributed by atoms with van der Waals surface area (Å²) in [6.45, 7) is 0. The number of rotatable bonds is 0. The van der Waals surface area contributed by atoms with E-state index in [1.807, 2.05) is 0 Å². The van der Waals surface area contributed by atoms with Gasteiger partial charge in [-0.1, -0.05) is 26.7 Å². The van der Waals surface area contributed by atoms with Crippen LogP contribution in [0.5, 0.6) is 0 Å². The summed E-state index contributed by atoms with van der Waals surface area (Å²) in [4.78, 5) is 0. The summed E-state index contributed by atoms with van der Waals surface area (Å²) < 4.78 is 0. The van der Waals surface area contributed by atoms with Crippen molar-refractivity contribution in [1.82, 2.24) is 0 Å². The molecule has 1 fully saturated rings. The van der Waals surface area contributed by atoms with Crippen LogP contribution in [0.25, 0.3) is 0 Å². The molecule has 7 heavy (non-hydrogen) atoms. The van der Waals surface area contributed by atoms with Crippen LogP contribution < -0.4 is 0 Å². The molecule has 1 heterocycles. The summed E-state index contributed by atoms with van der Waals surface area (Å²) in [5.74, 6) is 1.78. The standard InChI is InChI=1S/C3H5NOS2/c5-4-3-1-6-7-2-3/h5H,1-2H2. The van der Waals surface area contributed by atoms with Crippen LogP contribution >= 0.6 is 21.6 Å². The Morgan fingerprint density at radius 1 is 1.43 bits per heavy atom. The Morgan fingerprint density at radius 2 is 2.00 bits per heavy atom. The van der Waals surface area contributed by atoms with Crippen molar-refractivity contribution in [2.75, 3.05) is 11.5 Å². The first-order valence-corrected chi connectivity index (χ1v) is 4.36. The van der Waals surface area contributed by atoms with Crippen LogP contribution in [0.2, 0.25) is 0 Å². The monoisotopic (exact) mass is 135 g/mol. The number of hydrogen-bond donors (Lipinski definition) is 1. The SMILES string of the molecule is ON=C1CSSC1. The minimum atomic E-state index is 0.890. The fraction of sp³-hybridized carbons (Fsp3) is 0.667. The molecule has 1 saturated heterocycles. The fourth-order valence-electron chi connectivity index (χ4n) is 0.319. The van der Waals surface area contributed by atoms with Gasteiger partial charge in [-0.15, -0.1) is 0 Å². The van der Waals surface area contributed by atoms with Crippen LogP contribution in [-0.2, 0) is 0 Å². The molecule has 0 aromatic carbocycles. The highest BCUT2D eigenvalue weighted by Crippen LogP contribution is 2.28. The van der Waals surface area contributed by atoms with E-state index in [9.17, 15) is 0 Å². The summed E-state index contributed by atoms with van der Waals surface area (Å²) in [6, 6.07) is 0. The third-order valence-electron chi connectivity index (χ3n) is 0.676. The van der Waals surface area contributed by atoms with E-state index < -0.39 is 0 Å². The third kappa shape index (κ3) is 1.28. The van der Waals surface area contributed by atoms with Crippen molar-refractivity contribution in [3.63, 3.8) is 0 Å². The number of nitrogens with zero attached hydrogens (tertiary/aromatic N) is 1. The molecule has 1 aliphatic rings. The van der Waals surface area contributed by atoms with Crippen molar-refractivity contribution in [2.45, 2.75) is 0 Å². The van der Waals surface area contributed by atoms with Crippen LogP contribution in [0, 0.1) is 0 Å². The first kappa shape index (κ1) is 5.31. The summed E-state index contributed by atoms with van der Waals surface area (Å²) >= 11 is 0. The molecule has 1 aliphatic heterocycles. The van der Waals surface area contributed by atoms with Gasteiger partial charge in [-0.3, -0.25) is 0 Å². The van der Waals surface area contributed by atoms with Gasteiger partial charge in [0.25, 0.3) is 0 Å². The molecule has 0 amide bonds. The zero-order valence-electron chi connectivity index (χ0n) is 3.63. The maximum atomic E-state index is 8.13. The molecule has 40 valence electrons. The minimum absolute atomic E-state index is 0.890. The Hall–Kier alpha value is 0.170. The van der Waals surface area contributed by atoms with Crippen LogP contribution in [0.15, 0.2) is 5.16 Å². The number of hydrogen-bond acceptors (Lipinski definition) is 4. The van der Waals surface area contributed by atoms with Gasteiger partial charge in [0, 0.05) is 11.5 Å². The first-order chi connectivity index (χ1) is 3.43. The van der Waals surface area contributed by atoms with E-state index in [1.165, 1.54) is 0 Å². The average molecular weight is 135 g/mol. The quantitative estimate of drug-likeness (QED) is 0.308. The summed E-state index contributed by atoms with van der Waals surface area (Å²) in [5, 5.41) is 11.2. The van der Waals surface area contributed by atoms with Crippen molar-refractivity contribution in [3.05, 3.63) is 0 Å². The average Bonchev–Trinajstić information content (AvgIpc) is 2.14. The zero-order valence-corrected chi connectivity index (χ0v) is 5.26. The van der Waals surface area contributed by atoms with Gasteiger partial charge >= 0.3 is 0 Å². The summed E-state index contributed by atoms with van der Waals surface area (Å²) in [5.41, 5.74) is 0.898. The second-order valence-electron chi connectivity index (χ2n) is 1.19. The van der Waals surface area contributed by atoms with Gasteiger partial charge in [0.2, 0.25) is 0 Å². The largest absolute Gasteiger partial charge is 0.411 e. The van der Waals surface area contributed by atoms with Gasteiger partial charge in [0.1, 0.15) is 0 Å². The van der Waals surface area contributed by atoms with Gasteiger partial charge in [0.15, 0.2) is 0 Å². The Morgan fingerprint density at radius 3 is 2.29 bits per heavy atom. The molecule has 0 spiro atoms. The molecule has 0 aromatic heterocycles. The van der Waals surface area contributed by atoms with Crippen LogP contribution in [0.4, 0.5) is 0 Å². The van der Waals surface area contributed by atoms with E-state index in [0.717, 1.165) is 17.2 Å². The lowest BCUT2D eigenvalue weighted by molar-refractivity contribution is 0.319. The molecule has 0 aromatic rings.